The van der Waals surface area contributed by atoms with E-state index in [2.05, 4.69) is 4.98 Å². The molecule has 2 unspecified atom stereocenters. The number of ketones is 1. The number of halogens is 3. The number of aliphatic hydroxyl groups is 2. The van der Waals surface area contributed by atoms with Gasteiger partial charge in [0.2, 0.25) is 17.6 Å². The lowest BCUT2D eigenvalue weighted by Gasteiger charge is -2.36. The Labute approximate surface area is 132 Å². The zero-order chi connectivity index (χ0) is 16.9. The minimum atomic E-state index is -4.81. The second kappa shape index (κ2) is 5.26. The number of carbonyl (C=O) groups is 1. The van der Waals surface area contributed by atoms with E-state index in [0.717, 1.165) is 11.3 Å². The monoisotopic (exact) mass is 347 g/mol. The van der Waals surface area contributed by atoms with Gasteiger partial charge in [-0.05, 0) is 13.3 Å². The molecule has 2 aliphatic rings. The van der Waals surface area contributed by atoms with Gasteiger partial charge < -0.3 is 14.9 Å². The lowest BCUT2D eigenvalue weighted by molar-refractivity contribution is -0.219. The minimum absolute atomic E-state index is 0.00819. The molecule has 0 fully saturated rings. The van der Waals surface area contributed by atoms with Gasteiger partial charge in [-0.1, -0.05) is 0 Å². The van der Waals surface area contributed by atoms with E-state index in [1.165, 1.54) is 5.38 Å². The number of alkyl halides is 3. The number of aliphatic hydroxyl groups excluding tert-OH is 2. The molecule has 9 heteroatoms. The predicted octanol–water partition coefficient (Wildman–Crippen LogP) is 3.44. The van der Waals surface area contributed by atoms with Crippen LogP contribution in [0.1, 0.15) is 29.5 Å². The van der Waals surface area contributed by atoms with Crippen LogP contribution < -0.4 is 0 Å². The fourth-order valence-electron chi connectivity index (χ4n) is 2.71. The molecule has 0 aromatic carbocycles. The van der Waals surface area contributed by atoms with E-state index < -0.39 is 41.3 Å². The predicted molar refractivity (Wildman–Crippen MR) is 74.1 cm³/mol. The molecule has 2 atom stereocenters. The Morgan fingerprint density at radius 3 is 2.61 bits per heavy atom. The van der Waals surface area contributed by atoms with E-state index in [0.29, 0.717) is 5.01 Å². The summed E-state index contributed by atoms with van der Waals surface area (Å²) in [5.41, 5.74) is 0.0773. The average Bonchev–Trinajstić information content (AvgIpc) is 2.88. The van der Waals surface area contributed by atoms with Crippen LogP contribution >= 0.6 is 11.3 Å². The first-order valence-corrected chi connectivity index (χ1v) is 7.62. The van der Waals surface area contributed by atoms with Crippen molar-refractivity contribution < 1.29 is 32.9 Å². The molecule has 0 saturated heterocycles. The lowest BCUT2D eigenvalue weighted by atomic mass is 9.85. The number of thiazole rings is 1. The van der Waals surface area contributed by atoms with Crippen molar-refractivity contribution in [2.24, 2.45) is 0 Å². The van der Waals surface area contributed by atoms with Crippen LogP contribution in [0.3, 0.4) is 0 Å². The fraction of sp³-hybridized carbons (Fsp3) is 0.429. The SMILES string of the molecule is Cc1nc(C2C(O)=C3CCC(=O)C(O)=C3OC2C(F)(F)F)cs1. The summed E-state index contributed by atoms with van der Waals surface area (Å²) in [4.78, 5) is 15.5. The van der Waals surface area contributed by atoms with Crippen molar-refractivity contribution in [3.8, 4) is 0 Å². The third-order valence-corrected chi connectivity index (χ3v) is 4.58. The fourth-order valence-corrected chi connectivity index (χ4v) is 3.36. The third kappa shape index (κ3) is 2.58. The Kier molecular flexibility index (Phi) is 3.62. The summed E-state index contributed by atoms with van der Waals surface area (Å²) < 4.78 is 45.0. The van der Waals surface area contributed by atoms with Gasteiger partial charge in [-0.2, -0.15) is 13.2 Å². The first-order chi connectivity index (χ1) is 10.7. The molecular formula is C14H12F3NO4S. The van der Waals surface area contributed by atoms with Crippen LogP contribution in [0.2, 0.25) is 0 Å². The second-order valence-electron chi connectivity index (χ2n) is 5.31. The zero-order valence-corrected chi connectivity index (χ0v) is 12.7. The number of fused-ring (bicyclic) bond motifs is 1. The number of hydrogen-bond acceptors (Lipinski definition) is 6. The number of ether oxygens (including phenoxy) is 1. The Bertz CT molecular complexity index is 735. The van der Waals surface area contributed by atoms with Crippen LogP contribution in [0.4, 0.5) is 13.2 Å². The minimum Gasteiger partial charge on any atom is -0.511 e. The van der Waals surface area contributed by atoms with Crippen LogP contribution in [0, 0.1) is 6.92 Å². The maximum Gasteiger partial charge on any atom is 0.426 e. The highest BCUT2D eigenvalue weighted by Gasteiger charge is 2.54. The molecule has 1 aromatic heterocycles. The first-order valence-electron chi connectivity index (χ1n) is 6.74. The van der Waals surface area contributed by atoms with Crippen LogP contribution in [0.5, 0.6) is 0 Å². The van der Waals surface area contributed by atoms with Gasteiger partial charge >= 0.3 is 6.18 Å². The van der Waals surface area contributed by atoms with Gasteiger partial charge in [0.05, 0.1) is 10.7 Å². The van der Waals surface area contributed by atoms with Gasteiger partial charge in [-0.3, -0.25) is 4.79 Å². The number of aromatic nitrogens is 1. The molecule has 0 amide bonds. The van der Waals surface area contributed by atoms with Crippen molar-refractivity contribution in [3.63, 3.8) is 0 Å². The Hall–Kier alpha value is -2.03. The van der Waals surface area contributed by atoms with Gasteiger partial charge in [-0.25, -0.2) is 4.98 Å². The van der Waals surface area contributed by atoms with E-state index in [1.54, 1.807) is 6.92 Å². The van der Waals surface area contributed by atoms with Crippen molar-refractivity contribution in [3.05, 3.63) is 38.9 Å². The average molecular weight is 347 g/mol. The Morgan fingerprint density at radius 2 is 2.04 bits per heavy atom. The third-order valence-electron chi connectivity index (χ3n) is 3.78. The van der Waals surface area contributed by atoms with Crippen molar-refractivity contribution in [2.45, 2.75) is 38.0 Å². The Balaban J connectivity index is 2.18. The van der Waals surface area contributed by atoms with Gasteiger partial charge in [0.15, 0.2) is 5.76 Å². The maximum absolute atomic E-state index is 13.4. The number of Topliss-reactive ketones (excluding diaryl/α,β-unsaturated/α-hetero) is 1. The van der Waals surface area contributed by atoms with Crippen LogP contribution in [0.15, 0.2) is 28.2 Å². The number of rotatable bonds is 1. The molecule has 124 valence electrons. The highest BCUT2D eigenvalue weighted by Crippen LogP contribution is 2.47. The van der Waals surface area contributed by atoms with Crippen molar-refractivity contribution in [1.29, 1.82) is 0 Å². The van der Waals surface area contributed by atoms with E-state index in [1.807, 2.05) is 0 Å². The Morgan fingerprint density at radius 1 is 1.35 bits per heavy atom. The van der Waals surface area contributed by atoms with Gasteiger partial charge in [-0.15, -0.1) is 11.3 Å². The van der Waals surface area contributed by atoms with Crippen LogP contribution in [0.25, 0.3) is 0 Å². The van der Waals surface area contributed by atoms with Gasteiger partial charge in [0.1, 0.15) is 11.7 Å². The molecule has 1 aliphatic carbocycles. The van der Waals surface area contributed by atoms with E-state index in [-0.39, 0.29) is 24.1 Å². The number of aryl methyl sites for hydroxylation is 1. The summed E-state index contributed by atoms with van der Waals surface area (Å²) in [6, 6.07) is 0. The van der Waals surface area contributed by atoms with Crippen LogP contribution in [-0.4, -0.2) is 33.3 Å². The highest BCUT2D eigenvalue weighted by molar-refractivity contribution is 7.09. The molecule has 3 rings (SSSR count). The zero-order valence-electron chi connectivity index (χ0n) is 11.8. The number of carbonyl (C=O) groups excluding carboxylic acids is 1. The molecule has 0 radical (unpaired) electrons. The number of nitrogens with zero attached hydrogens (tertiary/aromatic N) is 1. The molecule has 0 bridgehead atoms. The standard InChI is InChI=1S/C14H12F3NO4S/c1-5-18-7(4-23-5)9-10(20)6-2-3-8(19)11(21)12(6)22-13(9)14(15,16)17/h4,9,13,20-21H,2-3H2,1H3. The van der Waals surface area contributed by atoms with Crippen LogP contribution in [-0.2, 0) is 9.53 Å². The maximum atomic E-state index is 13.4. The highest BCUT2D eigenvalue weighted by atomic mass is 32.1. The van der Waals surface area contributed by atoms with E-state index in [4.69, 9.17) is 4.74 Å². The quantitative estimate of drug-likeness (QED) is 0.813. The lowest BCUT2D eigenvalue weighted by Crippen LogP contribution is -2.42. The largest absolute Gasteiger partial charge is 0.511 e. The summed E-state index contributed by atoms with van der Waals surface area (Å²) >= 11 is 1.16. The number of hydrogen-bond donors (Lipinski definition) is 2. The summed E-state index contributed by atoms with van der Waals surface area (Å²) in [6.45, 7) is 1.64. The molecule has 2 heterocycles. The van der Waals surface area contributed by atoms with Crippen molar-refractivity contribution in [2.75, 3.05) is 0 Å². The van der Waals surface area contributed by atoms with E-state index >= 15 is 0 Å². The molecule has 1 aromatic rings. The first kappa shape index (κ1) is 15.9. The molecule has 0 spiro atoms. The summed E-state index contributed by atoms with van der Waals surface area (Å²) in [5, 5.41) is 22.1. The molecule has 23 heavy (non-hydrogen) atoms. The number of allylic oxidation sites excluding steroid dienone is 2. The van der Waals surface area contributed by atoms with Crippen molar-refractivity contribution in [1.82, 2.24) is 4.98 Å². The van der Waals surface area contributed by atoms with E-state index in [9.17, 15) is 28.2 Å². The summed E-state index contributed by atoms with van der Waals surface area (Å²) in [7, 11) is 0. The topological polar surface area (TPSA) is 79.7 Å². The molecule has 1 aliphatic heterocycles. The summed E-state index contributed by atoms with van der Waals surface area (Å²) in [5.74, 6) is -4.23. The van der Waals surface area contributed by atoms with Gasteiger partial charge in [0.25, 0.3) is 0 Å². The normalized spacial score (nSPS) is 25.5. The molecular weight excluding hydrogens is 335 g/mol. The molecule has 0 saturated carbocycles. The van der Waals surface area contributed by atoms with Gasteiger partial charge in [0, 0.05) is 17.4 Å². The smallest absolute Gasteiger partial charge is 0.426 e. The molecule has 5 nitrogen and oxygen atoms in total. The second-order valence-corrected chi connectivity index (χ2v) is 6.38. The summed E-state index contributed by atoms with van der Waals surface area (Å²) in [6.07, 6.45) is -7.32. The van der Waals surface area contributed by atoms with Crippen molar-refractivity contribution >= 4 is 17.1 Å². The molecule has 2 N–H and O–H groups in total.